The molecule has 4 rings (SSSR count). The minimum absolute atomic E-state index is 0.149. The Bertz CT molecular complexity index is 1100. The number of carbonyl (C=O) groups excluding carboxylic acids is 1. The maximum absolute atomic E-state index is 12.3. The van der Waals surface area contributed by atoms with Crippen LogP contribution in [0.3, 0.4) is 0 Å². The number of hydrogen-bond acceptors (Lipinski definition) is 6. The van der Waals surface area contributed by atoms with Gasteiger partial charge in [-0.05, 0) is 24.3 Å². The van der Waals surface area contributed by atoms with Gasteiger partial charge >= 0.3 is 0 Å². The number of thioether (sulfide) groups is 1. The lowest BCUT2D eigenvalue weighted by molar-refractivity contribution is -0.113. The van der Waals surface area contributed by atoms with Crippen molar-refractivity contribution in [2.24, 2.45) is 0 Å². The number of aromatic nitrogens is 4. The van der Waals surface area contributed by atoms with Crippen LogP contribution in [0.1, 0.15) is 5.76 Å². The van der Waals surface area contributed by atoms with Gasteiger partial charge in [0.25, 0.3) is 0 Å². The van der Waals surface area contributed by atoms with Crippen LogP contribution in [0.25, 0.3) is 11.4 Å². The van der Waals surface area contributed by atoms with Crippen molar-refractivity contribution < 1.29 is 9.21 Å². The average Bonchev–Trinajstić information content (AvgIpc) is 3.39. The van der Waals surface area contributed by atoms with E-state index in [2.05, 4.69) is 20.5 Å². The maximum Gasteiger partial charge on any atom is 0.234 e. The Kier molecular flexibility index (Phi) is 5.92. The Morgan fingerprint density at radius 1 is 1.10 bits per heavy atom. The van der Waals surface area contributed by atoms with Gasteiger partial charge in [-0.3, -0.25) is 9.36 Å². The molecule has 0 radical (unpaired) electrons. The van der Waals surface area contributed by atoms with E-state index in [0.717, 1.165) is 11.3 Å². The molecule has 9 heteroatoms. The summed E-state index contributed by atoms with van der Waals surface area (Å²) in [6, 6.07) is 16.9. The molecule has 0 bridgehead atoms. The zero-order chi connectivity index (χ0) is 20.1. The Morgan fingerprint density at radius 3 is 2.72 bits per heavy atom. The Hall–Kier alpha value is -3.10. The molecule has 0 aliphatic rings. The zero-order valence-corrected chi connectivity index (χ0v) is 16.7. The fourth-order valence-corrected chi connectivity index (χ4v) is 3.60. The highest BCUT2D eigenvalue weighted by atomic mass is 35.5. The molecule has 0 spiro atoms. The van der Waals surface area contributed by atoms with Gasteiger partial charge in [-0.1, -0.05) is 53.7 Å². The second-order valence-electron chi connectivity index (χ2n) is 6.02. The lowest BCUT2D eigenvalue weighted by Gasteiger charge is -2.09. The molecule has 0 saturated carbocycles. The van der Waals surface area contributed by atoms with E-state index in [4.69, 9.17) is 16.0 Å². The van der Waals surface area contributed by atoms with E-state index in [1.165, 1.54) is 11.8 Å². The molecule has 0 aliphatic carbocycles. The topological polar surface area (TPSA) is 85.8 Å². The van der Waals surface area contributed by atoms with Gasteiger partial charge in [-0.25, -0.2) is 4.98 Å². The molecule has 1 amide bonds. The van der Waals surface area contributed by atoms with Crippen molar-refractivity contribution in [3.63, 3.8) is 0 Å². The lowest BCUT2D eigenvalue weighted by Crippen LogP contribution is -2.15. The van der Waals surface area contributed by atoms with Crippen LogP contribution in [-0.4, -0.2) is 31.4 Å². The fraction of sp³-hybridized carbons (Fsp3) is 0.100. The summed E-state index contributed by atoms with van der Waals surface area (Å²) in [5, 5.41) is 12.2. The number of pyridine rings is 1. The molecule has 0 atom stereocenters. The minimum Gasteiger partial charge on any atom is -0.467 e. The summed E-state index contributed by atoms with van der Waals surface area (Å²) in [7, 11) is 0. The Morgan fingerprint density at radius 2 is 1.97 bits per heavy atom. The van der Waals surface area contributed by atoms with Gasteiger partial charge < -0.3 is 9.73 Å². The number of halogens is 1. The van der Waals surface area contributed by atoms with Crippen LogP contribution in [0.15, 0.2) is 76.6 Å². The van der Waals surface area contributed by atoms with Crippen molar-refractivity contribution in [2.45, 2.75) is 11.7 Å². The van der Waals surface area contributed by atoms with Gasteiger partial charge in [0.2, 0.25) is 5.91 Å². The number of rotatable bonds is 7. The van der Waals surface area contributed by atoms with Crippen molar-refractivity contribution in [1.29, 1.82) is 0 Å². The van der Waals surface area contributed by atoms with Crippen molar-refractivity contribution >= 4 is 35.0 Å². The van der Waals surface area contributed by atoms with E-state index < -0.39 is 0 Å². The van der Waals surface area contributed by atoms with Gasteiger partial charge in [0.05, 0.1) is 24.2 Å². The SMILES string of the molecule is O=C(CSc1nnc(-c2ccccc2)n1Cc1ccco1)Nc1cccnc1Cl. The summed E-state index contributed by atoms with van der Waals surface area (Å²) in [4.78, 5) is 16.3. The zero-order valence-electron chi connectivity index (χ0n) is 15.2. The molecular formula is C20H16ClN5O2S. The van der Waals surface area contributed by atoms with Gasteiger partial charge in [-0.15, -0.1) is 10.2 Å². The van der Waals surface area contributed by atoms with Gasteiger partial charge in [0.15, 0.2) is 16.1 Å². The van der Waals surface area contributed by atoms with Crippen LogP contribution in [0.4, 0.5) is 5.69 Å². The van der Waals surface area contributed by atoms with E-state index in [-0.39, 0.29) is 16.8 Å². The highest BCUT2D eigenvalue weighted by molar-refractivity contribution is 7.99. The third-order valence-electron chi connectivity index (χ3n) is 4.01. The molecule has 3 aromatic heterocycles. The highest BCUT2D eigenvalue weighted by Gasteiger charge is 2.17. The van der Waals surface area contributed by atoms with E-state index in [9.17, 15) is 4.79 Å². The average molecular weight is 426 g/mol. The summed E-state index contributed by atoms with van der Waals surface area (Å²) in [6.07, 6.45) is 3.19. The minimum atomic E-state index is -0.210. The summed E-state index contributed by atoms with van der Waals surface area (Å²) >= 11 is 7.28. The number of furan rings is 1. The molecule has 29 heavy (non-hydrogen) atoms. The van der Waals surface area contributed by atoms with E-state index in [1.54, 1.807) is 24.6 Å². The standard InChI is InChI=1S/C20H16ClN5O2S/c21-18-16(9-4-10-22-18)23-17(27)13-29-20-25-24-19(14-6-2-1-3-7-14)26(20)12-15-8-5-11-28-15/h1-11H,12-13H2,(H,23,27). The van der Waals surface area contributed by atoms with Crippen molar-refractivity contribution in [1.82, 2.24) is 19.7 Å². The first kappa shape index (κ1) is 19.2. The van der Waals surface area contributed by atoms with Crippen molar-refractivity contribution in [3.05, 3.63) is 78.0 Å². The van der Waals surface area contributed by atoms with E-state index in [0.29, 0.717) is 23.2 Å². The molecule has 0 unspecified atom stereocenters. The molecule has 0 aliphatic heterocycles. The van der Waals surface area contributed by atoms with E-state index in [1.807, 2.05) is 47.0 Å². The molecule has 3 heterocycles. The summed E-state index contributed by atoms with van der Waals surface area (Å²) < 4.78 is 7.42. The summed E-state index contributed by atoms with van der Waals surface area (Å²) in [6.45, 7) is 0.461. The molecule has 4 aromatic rings. The molecule has 7 nitrogen and oxygen atoms in total. The smallest absolute Gasteiger partial charge is 0.234 e. The number of benzene rings is 1. The van der Waals surface area contributed by atoms with Crippen LogP contribution < -0.4 is 5.32 Å². The summed E-state index contributed by atoms with van der Waals surface area (Å²) in [5.74, 6) is 1.42. The lowest BCUT2D eigenvalue weighted by atomic mass is 10.2. The largest absolute Gasteiger partial charge is 0.467 e. The number of carbonyl (C=O) groups is 1. The second kappa shape index (κ2) is 8.93. The predicted molar refractivity (Wildman–Crippen MR) is 112 cm³/mol. The van der Waals surface area contributed by atoms with E-state index >= 15 is 0 Å². The first-order valence-electron chi connectivity index (χ1n) is 8.75. The number of amides is 1. The van der Waals surface area contributed by atoms with Crippen LogP contribution >= 0.6 is 23.4 Å². The molecule has 1 aromatic carbocycles. The quantitative estimate of drug-likeness (QED) is 0.349. The number of hydrogen-bond donors (Lipinski definition) is 1. The van der Waals surface area contributed by atoms with Crippen LogP contribution in [-0.2, 0) is 11.3 Å². The summed E-state index contributed by atoms with van der Waals surface area (Å²) in [5.41, 5.74) is 1.41. The van der Waals surface area contributed by atoms with Gasteiger partial charge in [0, 0.05) is 11.8 Å². The maximum atomic E-state index is 12.3. The first-order chi connectivity index (χ1) is 14.2. The monoisotopic (exact) mass is 425 g/mol. The van der Waals surface area contributed by atoms with Crippen LogP contribution in [0.2, 0.25) is 5.15 Å². The molecule has 1 N–H and O–H groups in total. The molecular weight excluding hydrogens is 410 g/mol. The predicted octanol–water partition coefficient (Wildman–Crippen LogP) is 4.37. The first-order valence-corrected chi connectivity index (χ1v) is 10.1. The normalized spacial score (nSPS) is 10.8. The highest BCUT2D eigenvalue weighted by Crippen LogP contribution is 2.26. The van der Waals surface area contributed by atoms with Crippen molar-refractivity contribution in [2.75, 3.05) is 11.1 Å². The molecule has 0 saturated heterocycles. The van der Waals surface area contributed by atoms with Crippen molar-refractivity contribution in [3.8, 4) is 11.4 Å². The van der Waals surface area contributed by atoms with Crippen LogP contribution in [0, 0.1) is 0 Å². The van der Waals surface area contributed by atoms with Gasteiger partial charge in [0.1, 0.15) is 5.76 Å². The number of anilines is 1. The fourth-order valence-electron chi connectivity index (χ4n) is 2.69. The molecule has 146 valence electrons. The third-order valence-corrected chi connectivity index (χ3v) is 5.28. The number of nitrogens with one attached hydrogen (secondary N) is 1. The third kappa shape index (κ3) is 4.67. The Labute approximate surface area is 176 Å². The van der Waals surface area contributed by atoms with Crippen LogP contribution in [0.5, 0.6) is 0 Å². The molecule has 0 fully saturated rings. The Balaban J connectivity index is 1.53. The van der Waals surface area contributed by atoms with Gasteiger partial charge in [-0.2, -0.15) is 0 Å². The second-order valence-corrected chi connectivity index (χ2v) is 7.32. The number of nitrogens with zero attached hydrogens (tertiary/aromatic N) is 4.